The maximum atomic E-state index is 12.8. The van der Waals surface area contributed by atoms with Gasteiger partial charge in [-0.25, -0.2) is 0 Å². The summed E-state index contributed by atoms with van der Waals surface area (Å²) in [5, 5.41) is 0. The van der Waals surface area contributed by atoms with E-state index < -0.39 is 6.10 Å². The summed E-state index contributed by atoms with van der Waals surface area (Å²) >= 11 is 0. The molecule has 0 aromatic rings. The first-order valence-corrected chi connectivity index (χ1v) is 24.6. The van der Waals surface area contributed by atoms with Gasteiger partial charge in [-0.15, -0.1) is 0 Å². The molecule has 1 unspecified atom stereocenters. The molecular formula is C54H90O6. The van der Waals surface area contributed by atoms with Crippen LogP contribution >= 0.6 is 0 Å². The monoisotopic (exact) mass is 835 g/mol. The highest BCUT2D eigenvalue weighted by Gasteiger charge is 2.19. The number of carbonyl (C=O) groups is 3. The highest BCUT2D eigenvalue weighted by Crippen LogP contribution is 2.13. The van der Waals surface area contributed by atoms with Crippen molar-refractivity contribution in [3.63, 3.8) is 0 Å². The Morgan fingerprint density at radius 2 is 0.667 bits per heavy atom. The second kappa shape index (κ2) is 48.3. The van der Waals surface area contributed by atoms with E-state index in [2.05, 4.69) is 106 Å². The Morgan fingerprint density at radius 1 is 0.350 bits per heavy atom. The van der Waals surface area contributed by atoms with Crippen molar-refractivity contribution in [3.05, 3.63) is 85.1 Å². The summed E-state index contributed by atoms with van der Waals surface area (Å²) < 4.78 is 16.7. The zero-order valence-electron chi connectivity index (χ0n) is 38.9. The van der Waals surface area contributed by atoms with Gasteiger partial charge in [-0.2, -0.15) is 0 Å². The molecule has 0 aromatic carbocycles. The fourth-order valence-electron chi connectivity index (χ4n) is 6.47. The number of carbonyl (C=O) groups excluding carboxylic acids is 3. The Kier molecular flexibility index (Phi) is 45.5. The van der Waals surface area contributed by atoms with Crippen molar-refractivity contribution >= 4 is 17.9 Å². The van der Waals surface area contributed by atoms with Crippen LogP contribution in [-0.2, 0) is 28.6 Å². The van der Waals surface area contributed by atoms with Crippen LogP contribution in [0.3, 0.4) is 0 Å². The van der Waals surface area contributed by atoms with Gasteiger partial charge in [-0.3, -0.25) is 14.4 Å². The van der Waals surface area contributed by atoms with Crippen molar-refractivity contribution in [1.29, 1.82) is 0 Å². The minimum Gasteiger partial charge on any atom is -0.462 e. The lowest BCUT2D eigenvalue weighted by atomic mass is 10.1. The third-order valence-electron chi connectivity index (χ3n) is 10.1. The molecule has 0 bridgehead atoms. The van der Waals surface area contributed by atoms with Gasteiger partial charge < -0.3 is 14.2 Å². The number of esters is 3. The first kappa shape index (κ1) is 56.6. The van der Waals surface area contributed by atoms with E-state index in [-0.39, 0.29) is 37.5 Å². The van der Waals surface area contributed by atoms with Crippen LogP contribution in [0.25, 0.3) is 0 Å². The molecule has 0 aliphatic carbocycles. The van der Waals surface area contributed by atoms with Crippen molar-refractivity contribution in [2.45, 2.75) is 226 Å². The number of hydrogen-bond acceptors (Lipinski definition) is 6. The molecule has 0 aromatic heterocycles. The summed E-state index contributed by atoms with van der Waals surface area (Å²) in [5.74, 6) is -0.978. The molecule has 0 aliphatic heterocycles. The summed E-state index contributed by atoms with van der Waals surface area (Å²) in [6, 6.07) is 0. The summed E-state index contributed by atoms with van der Waals surface area (Å²) in [4.78, 5) is 37.9. The maximum absolute atomic E-state index is 12.8. The van der Waals surface area contributed by atoms with E-state index in [1.165, 1.54) is 77.0 Å². The smallest absolute Gasteiger partial charge is 0.306 e. The second-order valence-corrected chi connectivity index (χ2v) is 16.0. The normalized spacial score (nSPS) is 12.8. The van der Waals surface area contributed by atoms with Crippen molar-refractivity contribution in [2.24, 2.45) is 0 Å². The van der Waals surface area contributed by atoms with Gasteiger partial charge in [0.25, 0.3) is 0 Å². The Bertz CT molecular complexity index is 1190. The quantitative estimate of drug-likeness (QED) is 0.0263. The molecule has 0 saturated heterocycles. The lowest BCUT2D eigenvalue weighted by Gasteiger charge is -2.18. The first-order valence-electron chi connectivity index (χ1n) is 24.6. The van der Waals surface area contributed by atoms with Gasteiger partial charge in [-0.1, -0.05) is 183 Å². The SMILES string of the molecule is CC/C=C\C/C=C\C/C=C\CCCCCCCCC(=O)OCC(COC(=O)CCC/C=C\C/C=C\C/C=C\CC)OC(=O)CCCCCCCCC/C=C\CCCCCC. The number of allylic oxidation sites excluding steroid dienone is 14. The van der Waals surface area contributed by atoms with Crippen LogP contribution in [0.1, 0.15) is 220 Å². The van der Waals surface area contributed by atoms with E-state index in [4.69, 9.17) is 14.2 Å². The zero-order chi connectivity index (χ0) is 43.7. The lowest BCUT2D eigenvalue weighted by molar-refractivity contribution is -0.167. The summed E-state index contributed by atoms with van der Waals surface area (Å²) in [6.45, 7) is 6.32. The molecule has 342 valence electrons. The molecule has 0 rings (SSSR count). The molecule has 0 spiro atoms. The molecule has 1 atom stereocenters. The Balaban J connectivity index is 4.45. The fraction of sp³-hybridized carbons (Fsp3) is 0.685. The van der Waals surface area contributed by atoms with E-state index in [1.807, 2.05) is 0 Å². The molecule has 0 heterocycles. The van der Waals surface area contributed by atoms with Crippen LogP contribution < -0.4 is 0 Å². The van der Waals surface area contributed by atoms with Crippen molar-refractivity contribution in [1.82, 2.24) is 0 Å². The molecule has 0 aliphatic rings. The highest BCUT2D eigenvalue weighted by atomic mass is 16.6. The van der Waals surface area contributed by atoms with Crippen LogP contribution in [0, 0.1) is 0 Å². The third-order valence-corrected chi connectivity index (χ3v) is 10.1. The van der Waals surface area contributed by atoms with Crippen LogP contribution in [0.15, 0.2) is 85.1 Å². The number of ether oxygens (including phenoxy) is 3. The number of unbranched alkanes of at least 4 members (excludes halogenated alkanes) is 18. The van der Waals surface area contributed by atoms with E-state index in [0.717, 1.165) is 96.3 Å². The van der Waals surface area contributed by atoms with Crippen LogP contribution in [0.4, 0.5) is 0 Å². The van der Waals surface area contributed by atoms with Crippen LogP contribution in [0.2, 0.25) is 0 Å². The Morgan fingerprint density at radius 3 is 1.10 bits per heavy atom. The van der Waals surface area contributed by atoms with E-state index in [1.54, 1.807) is 0 Å². The largest absolute Gasteiger partial charge is 0.462 e. The lowest BCUT2D eigenvalue weighted by Crippen LogP contribution is -2.30. The number of hydrogen-bond donors (Lipinski definition) is 0. The molecule has 0 saturated carbocycles. The van der Waals surface area contributed by atoms with Gasteiger partial charge in [0.2, 0.25) is 0 Å². The van der Waals surface area contributed by atoms with Crippen molar-refractivity contribution < 1.29 is 28.6 Å². The zero-order valence-corrected chi connectivity index (χ0v) is 38.9. The van der Waals surface area contributed by atoms with Gasteiger partial charge in [0, 0.05) is 19.3 Å². The van der Waals surface area contributed by atoms with Gasteiger partial charge in [0.15, 0.2) is 6.10 Å². The molecular weight excluding hydrogens is 745 g/mol. The van der Waals surface area contributed by atoms with Gasteiger partial charge in [-0.05, 0) is 103 Å². The van der Waals surface area contributed by atoms with Crippen LogP contribution in [0.5, 0.6) is 0 Å². The average Bonchev–Trinajstić information content (AvgIpc) is 3.24. The van der Waals surface area contributed by atoms with Crippen molar-refractivity contribution in [3.8, 4) is 0 Å². The van der Waals surface area contributed by atoms with E-state index in [9.17, 15) is 14.4 Å². The van der Waals surface area contributed by atoms with Crippen molar-refractivity contribution in [2.75, 3.05) is 13.2 Å². The predicted octanol–water partition coefficient (Wildman–Crippen LogP) is 16.0. The summed E-state index contributed by atoms with van der Waals surface area (Å²) in [6.07, 6.45) is 61.4. The molecule has 0 N–H and O–H groups in total. The molecule has 6 nitrogen and oxygen atoms in total. The molecule has 0 amide bonds. The minimum absolute atomic E-state index is 0.102. The number of rotatable bonds is 43. The topological polar surface area (TPSA) is 78.9 Å². The van der Waals surface area contributed by atoms with Gasteiger partial charge in [0.05, 0.1) is 0 Å². The van der Waals surface area contributed by atoms with E-state index >= 15 is 0 Å². The summed E-state index contributed by atoms with van der Waals surface area (Å²) in [5.41, 5.74) is 0. The maximum Gasteiger partial charge on any atom is 0.306 e. The first-order chi connectivity index (χ1) is 29.5. The molecule has 6 heteroatoms. The highest BCUT2D eigenvalue weighted by molar-refractivity contribution is 5.71. The standard InChI is InChI=1S/C54H90O6/c1-4-7-10-13-16-19-22-24-26-28-29-32-35-38-41-44-47-53(56)59-50-51(49-58-52(55)46-43-40-37-34-31-21-18-15-12-9-6-3)60-54(57)48-45-42-39-36-33-30-27-25-23-20-17-14-11-8-5-2/h7,9-10,12,16,18-21,23-24,26,34,37,51H,4-6,8,11,13-15,17,22,25,27-33,35-36,38-50H2,1-3H3/b10-7-,12-9-,19-16-,21-18-,23-20-,26-24-,37-34-. The average molecular weight is 835 g/mol. The summed E-state index contributed by atoms with van der Waals surface area (Å²) in [7, 11) is 0. The van der Waals surface area contributed by atoms with E-state index in [0.29, 0.717) is 19.3 Å². The van der Waals surface area contributed by atoms with Crippen LogP contribution in [-0.4, -0.2) is 37.2 Å². The predicted molar refractivity (Wildman–Crippen MR) is 256 cm³/mol. The van der Waals surface area contributed by atoms with Gasteiger partial charge >= 0.3 is 17.9 Å². The third kappa shape index (κ3) is 45.7. The fourth-order valence-corrected chi connectivity index (χ4v) is 6.47. The molecule has 0 fully saturated rings. The Hall–Kier alpha value is -3.41. The molecule has 60 heavy (non-hydrogen) atoms. The minimum atomic E-state index is -0.803. The van der Waals surface area contributed by atoms with Gasteiger partial charge in [0.1, 0.15) is 13.2 Å². The Labute approximate surface area is 369 Å². The second-order valence-electron chi connectivity index (χ2n) is 16.0. The molecule has 0 radical (unpaired) electrons.